The molecule has 0 bridgehead atoms. The largest absolute Gasteiger partial charge is 0.347 e. The Labute approximate surface area is 110 Å². The SMILES string of the molecule is O=c1ncccn1Cc1ccc(Br)cc1[N+](=O)[O-]. The zero-order valence-electron chi connectivity index (χ0n) is 9.12. The molecule has 1 aromatic heterocycles. The minimum Gasteiger partial charge on any atom is -0.294 e. The van der Waals surface area contributed by atoms with E-state index < -0.39 is 10.6 Å². The second kappa shape index (κ2) is 5.09. The summed E-state index contributed by atoms with van der Waals surface area (Å²) in [6.07, 6.45) is 2.93. The van der Waals surface area contributed by atoms with E-state index in [2.05, 4.69) is 20.9 Å². The second-order valence-corrected chi connectivity index (χ2v) is 4.48. The number of benzene rings is 1. The first-order valence-corrected chi connectivity index (χ1v) is 5.81. The third-order valence-corrected chi connectivity index (χ3v) is 2.86. The summed E-state index contributed by atoms with van der Waals surface area (Å²) in [7, 11) is 0. The van der Waals surface area contributed by atoms with E-state index in [9.17, 15) is 14.9 Å². The molecule has 1 heterocycles. The summed E-state index contributed by atoms with van der Waals surface area (Å²) in [4.78, 5) is 25.5. The minimum absolute atomic E-state index is 0.0277. The molecule has 92 valence electrons. The van der Waals surface area contributed by atoms with Gasteiger partial charge in [-0.05, 0) is 18.2 Å². The average Bonchev–Trinajstić information content (AvgIpc) is 2.34. The third kappa shape index (κ3) is 2.62. The minimum atomic E-state index is -0.471. The zero-order valence-corrected chi connectivity index (χ0v) is 10.7. The molecule has 0 spiro atoms. The van der Waals surface area contributed by atoms with Gasteiger partial charge in [0.2, 0.25) is 0 Å². The van der Waals surface area contributed by atoms with Crippen LogP contribution in [0.3, 0.4) is 0 Å². The van der Waals surface area contributed by atoms with Crippen molar-refractivity contribution in [3.63, 3.8) is 0 Å². The average molecular weight is 310 g/mol. The first-order valence-electron chi connectivity index (χ1n) is 5.02. The summed E-state index contributed by atoms with van der Waals surface area (Å²) < 4.78 is 1.94. The molecular weight excluding hydrogens is 302 g/mol. The molecule has 6 nitrogen and oxygen atoms in total. The summed E-state index contributed by atoms with van der Waals surface area (Å²) in [5.41, 5.74) is -0.00635. The number of halogens is 1. The van der Waals surface area contributed by atoms with E-state index >= 15 is 0 Å². The van der Waals surface area contributed by atoms with Crippen LogP contribution in [0.5, 0.6) is 0 Å². The fourth-order valence-electron chi connectivity index (χ4n) is 1.53. The number of hydrogen-bond acceptors (Lipinski definition) is 4. The lowest BCUT2D eigenvalue weighted by Crippen LogP contribution is -2.22. The normalized spacial score (nSPS) is 10.3. The van der Waals surface area contributed by atoms with Crippen LogP contribution >= 0.6 is 15.9 Å². The highest BCUT2D eigenvalue weighted by Crippen LogP contribution is 2.23. The number of aromatic nitrogens is 2. The van der Waals surface area contributed by atoms with Crippen LogP contribution in [0.1, 0.15) is 5.56 Å². The molecule has 2 aromatic rings. The van der Waals surface area contributed by atoms with Crippen molar-refractivity contribution < 1.29 is 4.92 Å². The molecule has 1 aromatic carbocycles. The van der Waals surface area contributed by atoms with Crippen LogP contribution in [-0.4, -0.2) is 14.5 Å². The van der Waals surface area contributed by atoms with Gasteiger partial charge in [-0.25, -0.2) is 9.78 Å². The van der Waals surface area contributed by atoms with E-state index in [1.54, 1.807) is 24.4 Å². The van der Waals surface area contributed by atoms with Crippen molar-refractivity contribution in [2.24, 2.45) is 0 Å². The summed E-state index contributed by atoms with van der Waals surface area (Å²) in [6, 6.07) is 6.33. The standard InChI is InChI=1S/C11H8BrN3O3/c12-9-3-2-8(10(6-9)15(17)18)7-14-5-1-4-13-11(14)16/h1-6H,7H2. The van der Waals surface area contributed by atoms with Crippen molar-refractivity contribution in [1.29, 1.82) is 0 Å². The van der Waals surface area contributed by atoms with Crippen molar-refractivity contribution in [2.75, 3.05) is 0 Å². The molecule has 0 fully saturated rings. The van der Waals surface area contributed by atoms with E-state index in [1.807, 2.05) is 0 Å². The smallest absolute Gasteiger partial charge is 0.294 e. The fraction of sp³-hybridized carbons (Fsp3) is 0.0909. The van der Waals surface area contributed by atoms with Gasteiger partial charge in [0, 0.05) is 28.5 Å². The number of rotatable bonds is 3. The fourth-order valence-corrected chi connectivity index (χ4v) is 1.88. The Balaban J connectivity index is 2.44. The van der Waals surface area contributed by atoms with Crippen LogP contribution in [0.25, 0.3) is 0 Å². The first kappa shape index (κ1) is 12.4. The lowest BCUT2D eigenvalue weighted by atomic mass is 10.2. The highest BCUT2D eigenvalue weighted by molar-refractivity contribution is 9.10. The summed E-state index contributed by atoms with van der Waals surface area (Å²) in [5, 5.41) is 10.9. The Hall–Kier alpha value is -2.02. The maximum atomic E-state index is 11.4. The highest BCUT2D eigenvalue weighted by Gasteiger charge is 2.14. The molecule has 0 saturated heterocycles. The first-order chi connectivity index (χ1) is 8.58. The monoisotopic (exact) mass is 309 g/mol. The Morgan fingerprint density at radius 1 is 1.44 bits per heavy atom. The Bertz CT molecular complexity index is 654. The van der Waals surface area contributed by atoms with Crippen molar-refractivity contribution in [2.45, 2.75) is 6.54 Å². The molecule has 0 aliphatic heterocycles. The molecule has 0 aliphatic carbocycles. The number of nitrogens with zero attached hydrogens (tertiary/aromatic N) is 3. The molecule has 0 unspecified atom stereocenters. The lowest BCUT2D eigenvalue weighted by molar-refractivity contribution is -0.385. The maximum absolute atomic E-state index is 11.4. The van der Waals surface area contributed by atoms with Gasteiger partial charge in [0.05, 0.1) is 11.5 Å². The van der Waals surface area contributed by atoms with Crippen molar-refractivity contribution >= 4 is 21.6 Å². The van der Waals surface area contributed by atoms with Crippen LogP contribution in [0.4, 0.5) is 5.69 Å². The van der Waals surface area contributed by atoms with E-state index in [-0.39, 0.29) is 12.2 Å². The highest BCUT2D eigenvalue weighted by atomic mass is 79.9. The van der Waals surface area contributed by atoms with Gasteiger partial charge in [-0.1, -0.05) is 15.9 Å². The van der Waals surface area contributed by atoms with Crippen molar-refractivity contribution in [3.05, 3.63) is 67.3 Å². The molecule has 0 saturated carbocycles. The number of nitro groups is 1. The van der Waals surface area contributed by atoms with Gasteiger partial charge in [-0.2, -0.15) is 0 Å². The number of nitro benzene ring substituents is 1. The molecule has 0 atom stereocenters. The van der Waals surface area contributed by atoms with Crippen molar-refractivity contribution in [1.82, 2.24) is 9.55 Å². The molecule has 0 amide bonds. The van der Waals surface area contributed by atoms with Gasteiger partial charge in [-0.15, -0.1) is 0 Å². The second-order valence-electron chi connectivity index (χ2n) is 3.56. The zero-order chi connectivity index (χ0) is 13.1. The molecule has 2 rings (SSSR count). The van der Waals surface area contributed by atoms with Gasteiger partial charge < -0.3 is 0 Å². The van der Waals surface area contributed by atoms with Crippen LogP contribution in [-0.2, 0) is 6.54 Å². The van der Waals surface area contributed by atoms with Crippen LogP contribution in [0.2, 0.25) is 0 Å². The summed E-state index contributed by atoms with van der Waals surface area (Å²) in [5.74, 6) is 0. The number of hydrogen-bond donors (Lipinski definition) is 0. The Morgan fingerprint density at radius 2 is 2.22 bits per heavy atom. The van der Waals surface area contributed by atoms with E-state index in [1.165, 1.54) is 16.8 Å². The quantitative estimate of drug-likeness (QED) is 0.641. The van der Waals surface area contributed by atoms with E-state index in [4.69, 9.17) is 0 Å². The predicted octanol–water partition coefficient (Wildman–Crippen LogP) is 1.96. The van der Waals surface area contributed by atoms with Crippen molar-refractivity contribution in [3.8, 4) is 0 Å². The molecule has 7 heteroatoms. The molecule has 0 N–H and O–H groups in total. The third-order valence-electron chi connectivity index (χ3n) is 2.37. The Kier molecular flexibility index (Phi) is 3.52. The molecule has 18 heavy (non-hydrogen) atoms. The molecule has 0 radical (unpaired) electrons. The Morgan fingerprint density at radius 3 is 2.89 bits per heavy atom. The maximum Gasteiger partial charge on any atom is 0.347 e. The lowest BCUT2D eigenvalue weighted by Gasteiger charge is -2.05. The van der Waals surface area contributed by atoms with Crippen LogP contribution < -0.4 is 5.69 Å². The summed E-state index contributed by atoms with van der Waals surface area (Å²) in [6.45, 7) is 0.121. The van der Waals surface area contributed by atoms with Gasteiger partial charge >= 0.3 is 5.69 Å². The van der Waals surface area contributed by atoms with Gasteiger partial charge in [-0.3, -0.25) is 14.7 Å². The molecule has 0 aliphatic rings. The van der Waals surface area contributed by atoms with Gasteiger partial charge in [0.15, 0.2) is 0 Å². The predicted molar refractivity (Wildman–Crippen MR) is 68.4 cm³/mol. The molecular formula is C11H8BrN3O3. The summed E-state index contributed by atoms with van der Waals surface area (Å²) >= 11 is 3.18. The van der Waals surface area contributed by atoms with Gasteiger partial charge in [0.25, 0.3) is 5.69 Å². The van der Waals surface area contributed by atoms with E-state index in [0.29, 0.717) is 10.0 Å². The van der Waals surface area contributed by atoms with E-state index in [0.717, 1.165) is 0 Å². The van der Waals surface area contributed by atoms with Gasteiger partial charge in [0.1, 0.15) is 0 Å². The van der Waals surface area contributed by atoms with Crippen LogP contribution in [0, 0.1) is 10.1 Å². The van der Waals surface area contributed by atoms with Crippen LogP contribution in [0.15, 0.2) is 45.9 Å². The topological polar surface area (TPSA) is 78.0 Å².